The second-order valence-electron chi connectivity index (χ2n) is 38.0. The molecule has 2 bridgehead atoms. The largest absolute Gasteiger partial charge is 0.508 e. The van der Waals surface area contributed by atoms with Gasteiger partial charge < -0.3 is 77.3 Å². The fourth-order valence-electron chi connectivity index (χ4n) is 18.4. The Labute approximate surface area is 798 Å². The number of carbonyl (C=O) groups is 15. The Morgan fingerprint density at radius 1 is 0.606 bits per heavy atom. The molecule has 14 N–H and O–H groups in total. The summed E-state index contributed by atoms with van der Waals surface area (Å²) in [5.74, 6) is -18.9. The van der Waals surface area contributed by atoms with Crippen LogP contribution in [0.3, 0.4) is 0 Å². The first-order chi connectivity index (χ1) is 65.2. The van der Waals surface area contributed by atoms with Crippen molar-refractivity contribution in [2.24, 2.45) is 52.6 Å². The summed E-state index contributed by atoms with van der Waals surface area (Å²) in [6, 6.07) is 28.3. The molecular weight excluding hydrogens is 1750 g/mol. The predicted octanol–water partition coefficient (Wildman–Crippen LogP) is 12.6. The molecule has 31 nitrogen and oxygen atoms in total. The van der Waals surface area contributed by atoms with Gasteiger partial charge in [-0.05, 0) is 155 Å². The van der Waals surface area contributed by atoms with Crippen LogP contribution in [-0.4, -0.2) is 190 Å². The summed E-state index contributed by atoms with van der Waals surface area (Å²) in [4.78, 5) is 235. The Kier molecular flexibility index (Phi) is 40.1. The maximum absolute atomic E-state index is 15.9. The first-order valence-electron chi connectivity index (χ1n) is 47.9. The van der Waals surface area contributed by atoms with Gasteiger partial charge in [0.1, 0.15) is 40.2 Å². The van der Waals surface area contributed by atoms with Gasteiger partial charge in [0.05, 0.1) is 53.7 Å². The summed E-state index contributed by atoms with van der Waals surface area (Å²) < 4.78 is 5.93. The molecule has 5 aromatic carbocycles. The third kappa shape index (κ3) is 30.6. The number of ketones is 7. The normalized spacial score (nSPS) is 21.7. The number of carbonyl (C=O) groups excluding carboxylic acids is 13. The van der Waals surface area contributed by atoms with E-state index >= 15 is 24.0 Å². The number of nitrogens with zero attached hydrogens (tertiary/aromatic N) is 1. The van der Waals surface area contributed by atoms with Crippen LogP contribution in [0.15, 0.2) is 149 Å². The number of fused-ring (bicyclic) bond motifs is 5. The molecule has 0 radical (unpaired) electrons. The number of phenolic OH excluding ortho intramolecular Hbond substituents is 2. The van der Waals surface area contributed by atoms with Crippen molar-refractivity contribution >= 4 is 110 Å². The van der Waals surface area contributed by atoms with Crippen LogP contribution in [0, 0.1) is 46.8 Å². The van der Waals surface area contributed by atoms with Crippen molar-refractivity contribution in [2.45, 2.75) is 259 Å². The maximum Gasteiger partial charge on any atom is 0.336 e. The highest BCUT2D eigenvalue weighted by Gasteiger charge is 2.49. The van der Waals surface area contributed by atoms with E-state index in [1.807, 2.05) is 64.6 Å². The molecule has 4 aliphatic rings. The average Bonchev–Trinajstić information content (AvgIpc) is 1.74. The van der Waals surface area contributed by atoms with Crippen molar-refractivity contribution in [3.63, 3.8) is 0 Å². The Hall–Kier alpha value is -12.7. The Bertz CT molecular complexity index is 5640. The summed E-state index contributed by atoms with van der Waals surface area (Å²) in [5.41, 5.74) is 4.86. The monoisotopic (exact) mass is 1890 g/mol. The fraction of sp³-hybridized carbons (Fsp3) is 0.491. The molecule has 2 unspecified atom stereocenters. The second-order valence-corrected chi connectivity index (χ2v) is 38.0. The number of Topliss-reactive ketones (excluding diaryl/α,β-unsaturated/α-hetero) is 7. The molecule has 1 aliphatic carbocycles. The molecule has 13 atom stereocenters. The number of nitrogens with two attached hydrogens (primary N) is 1. The van der Waals surface area contributed by atoms with Gasteiger partial charge >= 0.3 is 11.9 Å². The number of benzene rings is 6. The molecule has 10 rings (SSSR count). The zero-order valence-electron chi connectivity index (χ0n) is 79.9. The number of aliphatic hydroxyl groups excluding tert-OH is 2. The molecular formula is C106H134N8O23. The number of aromatic nitrogens is 1. The highest BCUT2D eigenvalue weighted by molar-refractivity contribution is 6.10. The standard InChI is InChI=1S/C104H128N8O23.C2H6/c1-60(2)43-69-49-87(120)62(5)107-97(128)71(48-82-76-25-17-16-23-68(76)57-106-82)51-88(121)84(46-65-27-31-72(115)32-28-65)109-96(127)67(30-38-94(125)126)52-93(124)104(40-42-112(59-104)41-19-12-10-8-9-11-18-39-103(7,102(105)134)56-90(123)83(44-61(3)4)108-98(69)129)111-99(130)70(45-64-21-14-13-15-22-64)50-89(122)85(58-113)110-100(131)80(63(6)114)53-73(116)24-20-26-86(119)66-29-35-77(81(47-66)101(132)133)95-78-36-33-74(117)54-91(78)135-92-55-75(118)34-37-79(92)95;1-2/h13-17,21-23,25,27-29,31-37,47,54-55,57,60-63,67,69-71,80,83-85,106,113-115,117H,8-12,18-20,24,26,30,38-46,48-53,56,58-59H2,1-7H3,(H2,105,134)(H,107,128)(H,108,129)(H,109,127)(H,110,131)(H,111,130)(H,125,126)(H,132,133);1-2H3/t62-,63?,67+,69+,70+,71+,80-,83-,84-,85-,103+,104+;/m0./s1. The summed E-state index contributed by atoms with van der Waals surface area (Å²) in [5, 5.41) is 79.6. The van der Waals surface area contributed by atoms with Gasteiger partial charge in [-0.2, -0.15) is 0 Å². The molecule has 1 aromatic heterocycles. The smallest absolute Gasteiger partial charge is 0.336 e. The Morgan fingerprint density at radius 2 is 1.25 bits per heavy atom. The van der Waals surface area contributed by atoms with Crippen molar-refractivity contribution < 1.29 is 107 Å². The lowest BCUT2D eigenvalue weighted by atomic mass is 9.77. The number of phenols is 2. The molecule has 31 heteroatoms. The van der Waals surface area contributed by atoms with Gasteiger partial charge in [0, 0.05) is 147 Å². The van der Waals surface area contributed by atoms with Crippen LogP contribution < -0.4 is 37.7 Å². The van der Waals surface area contributed by atoms with E-state index in [9.17, 15) is 83.4 Å². The second kappa shape index (κ2) is 50.9. The lowest BCUT2D eigenvalue weighted by Gasteiger charge is -2.33. The number of hydrogen-bond donors (Lipinski definition) is 13. The van der Waals surface area contributed by atoms with Gasteiger partial charge in [-0.1, -0.05) is 166 Å². The highest BCUT2D eigenvalue weighted by atomic mass is 16.4. The summed E-state index contributed by atoms with van der Waals surface area (Å²) in [6.07, 6.45) is 0.259. The van der Waals surface area contributed by atoms with Crippen molar-refractivity contribution in [3.05, 3.63) is 178 Å². The number of aromatic hydroxyl groups is 2. The molecule has 137 heavy (non-hydrogen) atoms. The minimum atomic E-state index is -1.85. The number of aliphatic hydroxyl groups is 2. The summed E-state index contributed by atoms with van der Waals surface area (Å²) in [7, 11) is 0. The van der Waals surface area contributed by atoms with Crippen LogP contribution in [0.4, 0.5) is 0 Å². The molecule has 4 heterocycles. The van der Waals surface area contributed by atoms with Crippen LogP contribution in [0.5, 0.6) is 11.5 Å². The van der Waals surface area contributed by atoms with E-state index in [2.05, 4.69) is 31.6 Å². The van der Waals surface area contributed by atoms with E-state index in [1.165, 1.54) is 92.7 Å². The molecule has 6 aromatic rings. The molecule has 0 saturated carbocycles. The molecule has 736 valence electrons. The fourth-order valence-corrected chi connectivity index (χ4v) is 18.4. The van der Waals surface area contributed by atoms with Crippen molar-refractivity contribution in [1.82, 2.24) is 36.5 Å². The number of aromatic amines is 1. The summed E-state index contributed by atoms with van der Waals surface area (Å²) in [6.45, 7) is 15.4. The van der Waals surface area contributed by atoms with Crippen LogP contribution in [0.2, 0.25) is 0 Å². The average molecular weight is 1890 g/mol. The van der Waals surface area contributed by atoms with Gasteiger partial charge in [0.2, 0.25) is 35.4 Å². The number of aromatic carboxylic acids is 1. The number of nitrogens with one attached hydrogen (secondary N) is 6. The number of primary amides is 1. The van der Waals surface area contributed by atoms with Crippen LogP contribution in [0.1, 0.15) is 241 Å². The zero-order valence-corrected chi connectivity index (χ0v) is 79.9. The van der Waals surface area contributed by atoms with E-state index < -0.39 is 198 Å². The summed E-state index contributed by atoms with van der Waals surface area (Å²) >= 11 is 0. The Balaban J connectivity index is 0.0000104. The highest BCUT2D eigenvalue weighted by Crippen LogP contribution is 2.43. The number of carboxylic acid groups (broad SMARTS) is 2. The number of aliphatic carboxylic acids is 1. The van der Waals surface area contributed by atoms with Crippen molar-refractivity contribution in [1.29, 1.82) is 0 Å². The minimum Gasteiger partial charge on any atom is -0.508 e. The number of amides is 6. The molecule has 2 fully saturated rings. The quantitative estimate of drug-likeness (QED) is 0.0138. The predicted molar refractivity (Wildman–Crippen MR) is 516 cm³/mol. The number of hydrogen-bond acceptors (Lipinski definition) is 22. The van der Waals surface area contributed by atoms with E-state index in [-0.39, 0.29) is 153 Å². The first kappa shape index (κ1) is 108. The van der Waals surface area contributed by atoms with Crippen LogP contribution >= 0.6 is 0 Å². The molecule has 6 amide bonds. The lowest BCUT2D eigenvalue weighted by molar-refractivity contribution is -0.140. The van der Waals surface area contributed by atoms with Gasteiger partial charge in [-0.15, -0.1) is 0 Å². The number of carboxylic acids is 2. The maximum atomic E-state index is 15.9. The van der Waals surface area contributed by atoms with Crippen molar-refractivity contribution in [2.75, 3.05) is 26.2 Å². The molecule has 0 spiro atoms. The van der Waals surface area contributed by atoms with Gasteiger partial charge in [0.25, 0.3) is 0 Å². The minimum absolute atomic E-state index is 0.00916. The van der Waals surface area contributed by atoms with E-state index in [4.69, 9.17) is 10.2 Å². The lowest BCUT2D eigenvalue weighted by Crippen LogP contribution is -2.59. The van der Waals surface area contributed by atoms with Crippen LogP contribution in [0.25, 0.3) is 44.2 Å². The van der Waals surface area contributed by atoms with Crippen LogP contribution in [-0.2, 0) is 81.6 Å². The van der Waals surface area contributed by atoms with E-state index in [0.29, 0.717) is 70.9 Å². The zero-order chi connectivity index (χ0) is 100. The van der Waals surface area contributed by atoms with E-state index in [0.717, 1.165) is 24.6 Å². The van der Waals surface area contributed by atoms with Gasteiger partial charge in [0.15, 0.2) is 40.1 Å². The third-order valence-electron chi connectivity index (χ3n) is 26.3. The topological polar surface area (TPSA) is 513 Å². The first-order valence-corrected chi connectivity index (χ1v) is 47.9. The SMILES string of the molecule is CC.CC(C)C[C@@H]1CC(=O)[C@H](C)NC(=O)[C@H](Cc2[nH]cc3ccccc23)CC(=O)[C@H](Cc2ccc(O)cc2)NC(=O)[C@H](CCC(=O)O)CC(=O)[C@@]2(NC(=O)[C@@H](CC(=O)[C@H](CO)NC(=O)[C@@H](CC(=O)CCCC(=O)c3ccc(-c4c5ccc(=O)cc-5oc5cc(O)ccc45)c(C(=O)O)c3)C(C)O)Cc3ccccc3)CCN(CCCCCCCCC[C@@](C)(C(N)=O)CC(=O)[C@H](CC(C)C)NC1=O)C2. The molecule has 3 aliphatic heterocycles. The van der Waals surface area contributed by atoms with E-state index in [1.54, 1.807) is 49.5 Å². The van der Waals surface area contributed by atoms with Gasteiger partial charge in [-0.3, -0.25) is 71.9 Å². The van der Waals surface area contributed by atoms with Gasteiger partial charge in [-0.25, -0.2) is 4.79 Å². The third-order valence-corrected chi connectivity index (χ3v) is 26.3. The van der Waals surface area contributed by atoms with Crippen molar-refractivity contribution in [3.8, 4) is 33.9 Å². The number of H-pyrrole nitrogens is 1. The number of rotatable bonds is 32. The molecule has 2 saturated heterocycles. The Morgan fingerprint density at radius 3 is 1.92 bits per heavy atom.